The Morgan fingerprint density at radius 2 is 2.12 bits per heavy atom. The second-order valence-electron chi connectivity index (χ2n) is 3.46. The smallest absolute Gasteiger partial charge is 0.317 e. The molecular weight excluding hydrogens is 208 g/mol. The van der Waals surface area contributed by atoms with Crippen molar-refractivity contribution in [3.8, 4) is 12.3 Å². The molecule has 0 bridgehead atoms. The average Bonchev–Trinajstić information content (AvgIpc) is 2.25. The van der Waals surface area contributed by atoms with Crippen molar-refractivity contribution in [2.75, 3.05) is 20.1 Å². The van der Waals surface area contributed by atoms with E-state index in [-0.39, 0.29) is 19.0 Å². The lowest BCUT2D eigenvalue weighted by molar-refractivity contribution is -0.137. The lowest BCUT2D eigenvalue weighted by Crippen LogP contribution is -2.38. The molecule has 0 aliphatic rings. The van der Waals surface area contributed by atoms with Gasteiger partial charge in [-0.1, -0.05) is 0 Å². The van der Waals surface area contributed by atoms with Crippen LogP contribution in [0.25, 0.3) is 0 Å². The molecule has 0 aliphatic heterocycles. The molecule has 5 heteroatoms. The fourth-order valence-electron chi connectivity index (χ4n) is 1.05. The highest BCUT2D eigenvalue weighted by atomic mass is 16.4. The van der Waals surface area contributed by atoms with E-state index in [1.807, 2.05) is 0 Å². The summed E-state index contributed by atoms with van der Waals surface area (Å²) in [6, 6.07) is -0.248. The molecule has 0 aromatic heterocycles. The zero-order valence-corrected chi connectivity index (χ0v) is 9.53. The number of hydrogen-bond acceptors (Lipinski definition) is 2. The maximum atomic E-state index is 11.4. The van der Waals surface area contributed by atoms with Gasteiger partial charge in [0.05, 0.1) is 6.42 Å². The molecule has 16 heavy (non-hydrogen) atoms. The summed E-state index contributed by atoms with van der Waals surface area (Å²) in [5.74, 6) is 1.61. The van der Waals surface area contributed by atoms with E-state index in [0.29, 0.717) is 13.0 Å². The van der Waals surface area contributed by atoms with Crippen molar-refractivity contribution in [1.82, 2.24) is 10.2 Å². The Bertz CT molecular complexity index is 271. The first-order chi connectivity index (χ1) is 7.57. The van der Waals surface area contributed by atoms with Gasteiger partial charge in [0, 0.05) is 26.6 Å². The fraction of sp³-hybridized carbons (Fsp3) is 0.636. The normalized spacial score (nSPS) is 9.25. The number of carbonyl (C=O) groups is 2. The molecule has 5 nitrogen and oxygen atoms in total. The molecule has 0 heterocycles. The highest BCUT2D eigenvalue weighted by molar-refractivity contribution is 5.74. The lowest BCUT2D eigenvalue weighted by Gasteiger charge is -2.16. The Kier molecular flexibility index (Phi) is 7.68. The maximum Gasteiger partial charge on any atom is 0.317 e. The van der Waals surface area contributed by atoms with Crippen LogP contribution in [-0.4, -0.2) is 42.1 Å². The van der Waals surface area contributed by atoms with Crippen molar-refractivity contribution in [3.05, 3.63) is 0 Å². The zero-order valence-electron chi connectivity index (χ0n) is 9.53. The Labute approximate surface area is 95.8 Å². The van der Waals surface area contributed by atoms with Gasteiger partial charge in [0.1, 0.15) is 0 Å². The molecule has 0 saturated heterocycles. The number of terminal acetylenes is 1. The minimum Gasteiger partial charge on any atom is -0.481 e. The Morgan fingerprint density at radius 3 is 2.69 bits per heavy atom. The first-order valence-corrected chi connectivity index (χ1v) is 5.22. The minimum absolute atomic E-state index is 0.0407. The van der Waals surface area contributed by atoms with E-state index in [4.69, 9.17) is 11.5 Å². The maximum absolute atomic E-state index is 11.4. The third-order valence-electron chi connectivity index (χ3n) is 2.03. The van der Waals surface area contributed by atoms with Crippen LogP contribution in [0.1, 0.15) is 25.7 Å². The number of urea groups is 1. The summed E-state index contributed by atoms with van der Waals surface area (Å²) < 4.78 is 0. The molecule has 0 aliphatic carbocycles. The Morgan fingerprint density at radius 1 is 1.44 bits per heavy atom. The van der Waals surface area contributed by atoms with E-state index in [0.717, 1.165) is 12.8 Å². The topological polar surface area (TPSA) is 69.6 Å². The Hall–Kier alpha value is -1.70. The second-order valence-corrected chi connectivity index (χ2v) is 3.46. The number of amides is 2. The van der Waals surface area contributed by atoms with E-state index >= 15 is 0 Å². The van der Waals surface area contributed by atoms with Crippen LogP contribution in [0.4, 0.5) is 4.79 Å². The van der Waals surface area contributed by atoms with Crippen molar-refractivity contribution in [1.29, 1.82) is 0 Å². The van der Waals surface area contributed by atoms with Crippen molar-refractivity contribution < 1.29 is 14.7 Å². The summed E-state index contributed by atoms with van der Waals surface area (Å²) >= 11 is 0. The molecule has 2 amide bonds. The third-order valence-corrected chi connectivity index (χ3v) is 2.03. The molecule has 0 fully saturated rings. The predicted octanol–water partition coefficient (Wildman–Crippen LogP) is 0.906. The monoisotopic (exact) mass is 226 g/mol. The number of nitrogens with one attached hydrogen (secondary N) is 1. The molecule has 0 aromatic rings. The van der Waals surface area contributed by atoms with Crippen LogP contribution in [0.5, 0.6) is 0 Å². The number of nitrogens with zero attached hydrogens (tertiary/aromatic N) is 1. The van der Waals surface area contributed by atoms with Gasteiger partial charge in [-0.25, -0.2) is 4.79 Å². The Balaban J connectivity index is 3.56. The van der Waals surface area contributed by atoms with Crippen LogP contribution >= 0.6 is 0 Å². The van der Waals surface area contributed by atoms with Crippen LogP contribution in [0.2, 0.25) is 0 Å². The number of hydrogen-bond donors (Lipinski definition) is 2. The van der Waals surface area contributed by atoms with Crippen LogP contribution in [0.3, 0.4) is 0 Å². The highest BCUT2D eigenvalue weighted by Gasteiger charge is 2.08. The summed E-state index contributed by atoms with van der Waals surface area (Å²) in [7, 11) is 1.57. The van der Waals surface area contributed by atoms with Crippen molar-refractivity contribution in [3.63, 3.8) is 0 Å². The number of rotatable bonds is 7. The van der Waals surface area contributed by atoms with Crippen LogP contribution < -0.4 is 5.32 Å². The minimum atomic E-state index is -0.909. The number of carboxylic acid groups (broad SMARTS) is 1. The van der Waals surface area contributed by atoms with Gasteiger partial charge in [-0.2, -0.15) is 0 Å². The molecule has 0 unspecified atom stereocenters. The van der Waals surface area contributed by atoms with E-state index in [1.165, 1.54) is 4.90 Å². The summed E-state index contributed by atoms with van der Waals surface area (Å²) in [4.78, 5) is 23.0. The SMILES string of the molecule is C#CCCCCNC(=O)N(C)CCC(=O)O. The van der Waals surface area contributed by atoms with Crippen LogP contribution in [0, 0.1) is 12.3 Å². The predicted molar refractivity (Wildman–Crippen MR) is 61.0 cm³/mol. The summed E-state index contributed by atoms with van der Waals surface area (Å²) in [5.41, 5.74) is 0. The first-order valence-electron chi connectivity index (χ1n) is 5.22. The van der Waals surface area contributed by atoms with Gasteiger partial charge in [0.15, 0.2) is 0 Å². The van der Waals surface area contributed by atoms with E-state index < -0.39 is 5.97 Å². The van der Waals surface area contributed by atoms with Gasteiger partial charge in [-0.15, -0.1) is 12.3 Å². The standard InChI is InChI=1S/C11H18N2O3/c1-3-4-5-6-8-12-11(16)13(2)9-7-10(14)15/h1H,4-9H2,2H3,(H,12,16)(H,14,15). The number of carboxylic acids is 1. The van der Waals surface area contributed by atoms with E-state index in [2.05, 4.69) is 11.2 Å². The summed E-state index contributed by atoms with van der Waals surface area (Å²) in [6.07, 6.45) is 7.48. The fourth-order valence-corrected chi connectivity index (χ4v) is 1.05. The molecule has 90 valence electrons. The van der Waals surface area contributed by atoms with Crippen molar-refractivity contribution in [2.45, 2.75) is 25.7 Å². The number of aliphatic carboxylic acids is 1. The van der Waals surface area contributed by atoms with Crippen LogP contribution in [-0.2, 0) is 4.79 Å². The average molecular weight is 226 g/mol. The van der Waals surface area contributed by atoms with E-state index in [9.17, 15) is 9.59 Å². The third kappa shape index (κ3) is 7.68. The molecular formula is C11H18N2O3. The molecule has 0 rings (SSSR count). The molecule has 0 radical (unpaired) electrons. The zero-order chi connectivity index (χ0) is 12.4. The lowest BCUT2D eigenvalue weighted by atomic mass is 10.2. The van der Waals surface area contributed by atoms with Crippen molar-refractivity contribution >= 4 is 12.0 Å². The number of carbonyl (C=O) groups excluding carboxylic acids is 1. The highest BCUT2D eigenvalue weighted by Crippen LogP contribution is 1.93. The van der Waals surface area contributed by atoms with Crippen LogP contribution in [0.15, 0.2) is 0 Å². The molecule has 0 aromatic carbocycles. The van der Waals surface area contributed by atoms with E-state index in [1.54, 1.807) is 7.05 Å². The number of unbranched alkanes of at least 4 members (excludes halogenated alkanes) is 2. The van der Waals surface area contributed by atoms with Gasteiger partial charge in [-0.3, -0.25) is 4.79 Å². The molecule has 0 spiro atoms. The van der Waals surface area contributed by atoms with Gasteiger partial charge < -0.3 is 15.3 Å². The molecule has 0 atom stereocenters. The summed E-state index contributed by atoms with van der Waals surface area (Å²) in [5, 5.41) is 11.1. The summed E-state index contributed by atoms with van der Waals surface area (Å²) in [6.45, 7) is 0.781. The van der Waals surface area contributed by atoms with Crippen molar-refractivity contribution in [2.24, 2.45) is 0 Å². The largest absolute Gasteiger partial charge is 0.481 e. The first kappa shape index (κ1) is 14.3. The quantitative estimate of drug-likeness (QED) is 0.500. The van der Waals surface area contributed by atoms with Gasteiger partial charge in [0.25, 0.3) is 0 Å². The van der Waals surface area contributed by atoms with Gasteiger partial charge in [0.2, 0.25) is 0 Å². The second kappa shape index (κ2) is 8.60. The molecule has 0 saturated carbocycles. The van der Waals surface area contributed by atoms with Gasteiger partial charge >= 0.3 is 12.0 Å². The van der Waals surface area contributed by atoms with Gasteiger partial charge in [-0.05, 0) is 12.8 Å². The molecule has 2 N–H and O–H groups in total.